The Morgan fingerprint density at radius 2 is 1.50 bits per heavy atom. The first-order valence-electron chi connectivity index (χ1n) is 7.40. The molecule has 0 spiro atoms. The summed E-state index contributed by atoms with van der Waals surface area (Å²) in [5, 5.41) is 3.63. The van der Waals surface area contributed by atoms with Crippen LogP contribution >= 0.6 is 0 Å². The van der Waals surface area contributed by atoms with Gasteiger partial charge in [0.15, 0.2) is 0 Å². The van der Waals surface area contributed by atoms with Gasteiger partial charge in [-0.15, -0.1) is 0 Å². The van der Waals surface area contributed by atoms with Crippen molar-refractivity contribution in [3.8, 4) is 0 Å². The van der Waals surface area contributed by atoms with E-state index in [-0.39, 0.29) is 0 Å². The summed E-state index contributed by atoms with van der Waals surface area (Å²) in [7, 11) is 0. The summed E-state index contributed by atoms with van der Waals surface area (Å²) in [5.41, 5.74) is 0. The largest absolute Gasteiger partial charge is 0.314 e. The SMILES string of the molecule is CCCCCCCNC(C)CCCC(C)C. The van der Waals surface area contributed by atoms with Crippen LogP contribution in [0.3, 0.4) is 0 Å². The highest BCUT2D eigenvalue weighted by Gasteiger charge is 2.01. The second-order valence-electron chi connectivity index (χ2n) is 5.59. The summed E-state index contributed by atoms with van der Waals surface area (Å²) in [6.07, 6.45) is 11.0. The second-order valence-corrected chi connectivity index (χ2v) is 5.59. The molecule has 0 heterocycles. The zero-order valence-corrected chi connectivity index (χ0v) is 12.0. The van der Waals surface area contributed by atoms with Gasteiger partial charge in [0.1, 0.15) is 0 Å². The number of hydrogen-bond acceptors (Lipinski definition) is 1. The van der Waals surface area contributed by atoms with Crippen LogP contribution in [0.2, 0.25) is 0 Å². The topological polar surface area (TPSA) is 12.0 Å². The van der Waals surface area contributed by atoms with Crippen LogP contribution in [0.5, 0.6) is 0 Å². The Bertz CT molecular complexity index is 131. The molecular formula is C15H33N. The Balaban J connectivity index is 3.14. The lowest BCUT2D eigenvalue weighted by atomic mass is 10.0. The van der Waals surface area contributed by atoms with Gasteiger partial charge in [0.05, 0.1) is 0 Å². The lowest BCUT2D eigenvalue weighted by Gasteiger charge is -2.14. The van der Waals surface area contributed by atoms with Crippen molar-refractivity contribution in [1.29, 1.82) is 0 Å². The highest BCUT2D eigenvalue weighted by molar-refractivity contribution is 4.61. The summed E-state index contributed by atoms with van der Waals surface area (Å²) < 4.78 is 0. The summed E-state index contributed by atoms with van der Waals surface area (Å²) >= 11 is 0. The van der Waals surface area contributed by atoms with Crippen molar-refractivity contribution in [3.05, 3.63) is 0 Å². The van der Waals surface area contributed by atoms with Crippen LogP contribution in [-0.2, 0) is 0 Å². The quantitative estimate of drug-likeness (QED) is 0.502. The Morgan fingerprint density at radius 3 is 2.12 bits per heavy atom. The van der Waals surface area contributed by atoms with Crippen LogP contribution in [0.4, 0.5) is 0 Å². The third-order valence-corrected chi connectivity index (χ3v) is 3.19. The number of hydrogen-bond donors (Lipinski definition) is 1. The van der Waals surface area contributed by atoms with Crippen molar-refractivity contribution in [3.63, 3.8) is 0 Å². The fraction of sp³-hybridized carbons (Fsp3) is 1.00. The van der Waals surface area contributed by atoms with Gasteiger partial charge < -0.3 is 5.32 Å². The van der Waals surface area contributed by atoms with Crippen molar-refractivity contribution in [2.45, 2.75) is 85.1 Å². The molecule has 1 N–H and O–H groups in total. The van der Waals surface area contributed by atoms with E-state index in [1.165, 1.54) is 57.9 Å². The smallest absolute Gasteiger partial charge is 0.00387 e. The fourth-order valence-electron chi connectivity index (χ4n) is 2.01. The van der Waals surface area contributed by atoms with Gasteiger partial charge in [-0.2, -0.15) is 0 Å². The Kier molecular flexibility index (Phi) is 11.4. The number of unbranched alkanes of at least 4 members (excludes halogenated alkanes) is 4. The Labute approximate surface area is 103 Å². The normalized spacial score (nSPS) is 13.3. The highest BCUT2D eigenvalue weighted by atomic mass is 14.9. The molecule has 0 amide bonds. The summed E-state index contributed by atoms with van der Waals surface area (Å²) in [4.78, 5) is 0. The van der Waals surface area contributed by atoms with E-state index in [9.17, 15) is 0 Å². The van der Waals surface area contributed by atoms with E-state index in [2.05, 4.69) is 33.0 Å². The number of nitrogens with one attached hydrogen (secondary N) is 1. The molecule has 0 aromatic rings. The molecule has 98 valence electrons. The van der Waals surface area contributed by atoms with Crippen molar-refractivity contribution in [2.75, 3.05) is 6.54 Å². The zero-order valence-electron chi connectivity index (χ0n) is 12.0. The first-order chi connectivity index (χ1) is 7.66. The summed E-state index contributed by atoms with van der Waals surface area (Å²) in [6, 6.07) is 0.713. The maximum atomic E-state index is 3.63. The first kappa shape index (κ1) is 16.0. The number of rotatable bonds is 11. The standard InChI is InChI=1S/C15H33N/c1-5-6-7-8-9-13-16-15(4)12-10-11-14(2)3/h14-16H,5-13H2,1-4H3. The molecule has 0 aromatic heterocycles. The molecule has 0 bridgehead atoms. The van der Waals surface area contributed by atoms with Crippen LogP contribution < -0.4 is 5.32 Å². The molecule has 0 radical (unpaired) electrons. The highest BCUT2D eigenvalue weighted by Crippen LogP contribution is 2.08. The minimum Gasteiger partial charge on any atom is -0.314 e. The van der Waals surface area contributed by atoms with E-state index in [1.807, 2.05) is 0 Å². The van der Waals surface area contributed by atoms with Crippen LogP contribution in [0.1, 0.15) is 79.1 Å². The Morgan fingerprint density at radius 1 is 0.812 bits per heavy atom. The maximum Gasteiger partial charge on any atom is 0.00387 e. The minimum absolute atomic E-state index is 0.713. The lowest BCUT2D eigenvalue weighted by molar-refractivity contribution is 0.450. The molecular weight excluding hydrogens is 194 g/mol. The average molecular weight is 227 g/mol. The average Bonchev–Trinajstić information content (AvgIpc) is 2.22. The van der Waals surface area contributed by atoms with Gasteiger partial charge in [0.2, 0.25) is 0 Å². The van der Waals surface area contributed by atoms with Gasteiger partial charge in [-0.25, -0.2) is 0 Å². The van der Waals surface area contributed by atoms with E-state index < -0.39 is 0 Å². The first-order valence-corrected chi connectivity index (χ1v) is 7.40. The molecule has 1 heteroatoms. The molecule has 0 aliphatic rings. The van der Waals surface area contributed by atoms with Crippen LogP contribution in [0.15, 0.2) is 0 Å². The van der Waals surface area contributed by atoms with E-state index >= 15 is 0 Å². The van der Waals surface area contributed by atoms with Gasteiger partial charge in [0, 0.05) is 6.04 Å². The lowest BCUT2D eigenvalue weighted by Crippen LogP contribution is -2.26. The van der Waals surface area contributed by atoms with Crippen molar-refractivity contribution in [1.82, 2.24) is 5.32 Å². The Hall–Kier alpha value is -0.0400. The molecule has 0 saturated carbocycles. The van der Waals surface area contributed by atoms with E-state index in [0.717, 1.165) is 5.92 Å². The van der Waals surface area contributed by atoms with Crippen molar-refractivity contribution in [2.24, 2.45) is 5.92 Å². The molecule has 1 atom stereocenters. The molecule has 0 fully saturated rings. The zero-order chi connectivity index (χ0) is 12.2. The molecule has 0 rings (SSSR count). The monoisotopic (exact) mass is 227 g/mol. The predicted octanol–water partition coefficient (Wildman–Crippen LogP) is 4.76. The summed E-state index contributed by atoms with van der Waals surface area (Å²) in [5.74, 6) is 0.862. The van der Waals surface area contributed by atoms with Gasteiger partial charge in [-0.1, -0.05) is 59.3 Å². The molecule has 0 aromatic carbocycles. The van der Waals surface area contributed by atoms with Gasteiger partial charge >= 0.3 is 0 Å². The van der Waals surface area contributed by atoms with Gasteiger partial charge in [-0.05, 0) is 32.2 Å². The second kappa shape index (κ2) is 11.4. The van der Waals surface area contributed by atoms with Crippen LogP contribution in [-0.4, -0.2) is 12.6 Å². The minimum atomic E-state index is 0.713. The molecule has 16 heavy (non-hydrogen) atoms. The molecule has 1 nitrogen and oxygen atoms in total. The van der Waals surface area contributed by atoms with E-state index in [4.69, 9.17) is 0 Å². The van der Waals surface area contributed by atoms with Crippen LogP contribution in [0.25, 0.3) is 0 Å². The third-order valence-electron chi connectivity index (χ3n) is 3.19. The van der Waals surface area contributed by atoms with Gasteiger partial charge in [0.25, 0.3) is 0 Å². The van der Waals surface area contributed by atoms with Crippen molar-refractivity contribution < 1.29 is 0 Å². The predicted molar refractivity (Wildman–Crippen MR) is 74.9 cm³/mol. The van der Waals surface area contributed by atoms with E-state index in [0.29, 0.717) is 6.04 Å². The van der Waals surface area contributed by atoms with Crippen molar-refractivity contribution >= 4 is 0 Å². The molecule has 0 aliphatic carbocycles. The third kappa shape index (κ3) is 12.0. The molecule has 0 aliphatic heterocycles. The van der Waals surface area contributed by atoms with Gasteiger partial charge in [-0.3, -0.25) is 0 Å². The van der Waals surface area contributed by atoms with Crippen LogP contribution in [0, 0.1) is 5.92 Å². The maximum absolute atomic E-state index is 3.63. The molecule has 1 unspecified atom stereocenters. The molecule has 0 saturated heterocycles. The summed E-state index contributed by atoms with van der Waals surface area (Å²) in [6.45, 7) is 10.4. The fourth-order valence-corrected chi connectivity index (χ4v) is 2.01. The van der Waals surface area contributed by atoms with E-state index in [1.54, 1.807) is 0 Å².